The number of hydrogen-bond donors (Lipinski definition) is 1. The van der Waals surface area contributed by atoms with Crippen LogP contribution in [0.25, 0.3) is 0 Å². The topological polar surface area (TPSA) is 79.4 Å². The molecule has 1 aromatic carbocycles. The number of sulfonamides is 1. The zero-order valence-electron chi connectivity index (χ0n) is 14.6. The molecule has 0 unspecified atom stereocenters. The lowest BCUT2D eigenvalue weighted by atomic mass is 10.2. The Kier molecular flexibility index (Phi) is 6.00. The molecule has 1 amide bonds. The van der Waals surface area contributed by atoms with Crippen molar-refractivity contribution in [3.8, 4) is 0 Å². The number of carbonyl (C=O) groups is 1. The Labute approximate surface area is 154 Å². The molecule has 1 saturated heterocycles. The van der Waals surface area contributed by atoms with E-state index in [9.17, 15) is 13.2 Å². The van der Waals surface area contributed by atoms with Gasteiger partial charge in [-0.1, -0.05) is 18.9 Å². The maximum Gasteiger partial charge on any atom is 0.253 e. The fourth-order valence-corrected chi connectivity index (χ4v) is 4.08. The van der Waals surface area contributed by atoms with Crippen molar-refractivity contribution in [1.82, 2.24) is 14.6 Å². The number of nitrogens with zero attached hydrogens (tertiary/aromatic N) is 2. The number of hydrogen-bond acceptors (Lipinski definition) is 4. The Morgan fingerprint density at radius 2 is 1.73 bits per heavy atom. The smallest absolute Gasteiger partial charge is 0.253 e. The minimum atomic E-state index is -3.69. The van der Waals surface area contributed by atoms with E-state index >= 15 is 0 Å². The van der Waals surface area contributed by atoms with Crippen LogP contribution >= 0.6 is 0 Å². The summed E-state index contributed by atoms with van der Waals surface area (Å²) in [6, 6.07) is 9.76. The van der Waals surface area contributed by atoms with Crippen LogP contribution in [0.5, 0.6) is 0 Å². The Morgan fingerprint density at radius 1 is 1.04 bits per heavy atom. The lowest BCUT2D eigenvalue weighted by Crippen LogP contribution is -2.32. The Bertz CT molecular complexity index is 845. The summed E-state index contributed by atoms with van der Waals surface area (Å²) < 4.78 is 27.7. The molecule has 0 radical (unpaired) electrons. The largest absolute Gasteiger partial charge is 0.339 e. The summed E-state index contributed by atoms with van der Waals surface area (Å²) in [5, 5.41) is 0. The average Bonchev–Trinajstić information content (AvgIpc) is 2.96. The van der Waals surface area contributed by atoms with E-state index in [1.54, 1.807) is 36.7 Å². The number of rotatable bonds is 5. The van der Waals surface area contributed by atoms with Gasteiger partial charge in [-0.05, 0) is 48.7 Å². The van der Waals surface area contributed by atoms with Crippen LogP contribution in [0.15, 0.2) is 53.7 Å². The first-order chi connectivity index (χ1) is 12.6. The predicted molar refractivity (Wildman–Crippen MR) is 99.1 cm³/mol. The maximum atomic E-state index is 12.7. The molecule has 0 bridgehead atoms. The van der Waals surface area contributed by atoms with Gasteiger partial charge in [0, 0.05) is 37.6 Å². The van der Waals surface area contributed by atoms with Gasteiger partial charge in [0.25, 0.3) is 5.91 Å². The Balaban J connectivity index is 1.74. The highest BCUT2D eigenvalue weighted by atomic mass is 32.2. The molecule has 1 aromatic heterocycles. The van der Waals surface area contributed by atoms with E-state index in [1.165, 1.54) is 12.1 Å². The minimum Gasteiger partial charge on any atom is -0.339 e. The number of amides is 1. The molecule has 26 heavy (non-hydrogen) atoms. The molecule has 138 valence electrons. The molecule has 0 saturated carbocycles. The molecule has 0 atom stereocenters. The van der Waals surface area contributed by atoms with E-state index in [0.29, 0.717) is 5.56 Å². The van der Waals surface area contributed by atoms with Crippen LogP contribution in [0.2, 0.25) is 0 Å². The molecule has 2 aromatic rings. The average molecular weight is 373 g/mol. The lowest BCUT2D eigenvalue weighted by molar-refractivity contribution is 0.0761. The van der Waals surface area contributed by atoms with Crippen LogP contribution in [0.1, 0.15) is 41.6 Å². The first kappa shape index (κ1) is 18.5. The normalized spacial score (nSPS) is 15.5. The first-order valence-corrected chi connectivity index (χ1v) is 10.3. The fourth-order valence-electron chi connectivity index (χ4n) is 3.01. The number of benzene rings is 1. The summed E-state index contributed by atoms with van der Waals surface area (Å²) in [5.74, 6) is -0.0990. The van der Waals surface area contributed by atoms with E-state index in [0.717, 1.165) is 44.3 Å². The van der Waals surface area contributed by atoms with Crippen molar-refractivity contribution in [2.45, 2.75) is 37.1 Å². The van der Waals surface area contributed by atoms with Gasteiger partial charge >= 0.3 is 0 Å². The molecule has 3 rings (SSSR count). The van der Waals surface area contributed by atoms with Gasteiger partial charge in [-0.15, -0.1) is 0 Å². The molecule has 0 aliphatic carbocycles. The van der Waals surface area contributed by atoms with Crippen molar-refractivity contribution in [3.05, 3.63) is 59.9 Å². The molecule has 7 heteroatoms. The molecule has 6 nitrogen and oxygen atoms in total. The monoisotopic (exact) mass is 373 g/mol. The fraction of sp³-hybridized carbons (Fsp3) is 0.368. The van der Waals surface area contributed by atoms with Gasteiger partial charge in [0.05, 0.1) is 4.90 Å². The highest BCUT2D eigenvalue weighted by Crippen LogP contribution is 2.17. The molecule has 1 aliphatic rings. The Hall–Kier alpha value is -2.25. The SMILES string of the molecule is O=C(c1cccc(S(=O)(=O)NCc2ccncc2)c1)N1CCCCCC1. The summed E-state index contributed by atoms with van der Waals surface area (Å²) in [6.45, 7) is 1.64. The lowest BCUT2D eigenvalue weighted by Gasteiger charge is -2.20. The van der Waals surface area contributed by atoms with Crippen molar-refractivity contribution >= 4 is 15.9 Å². The van der Waals surface area contributed by atoms with Gasteiger partial charge < -0.3 is 4.90 Å². The Morgan fingerprint density at radius 3 is 2.42 bits per heavy atom. The van der Waals surface area contributed by atoms with Crippen LogP contribution < -0.4 is 4.72 Å². The number of carbonyl (C=O) groups excluding carboxylic acids is 1. The van der Waals surface area contributed by atoms with E-state index in [4.69, 9.17) is 0 Å². The standard InChI is InChI=1S/C19H23N3O3S/c23-19(22-12-3-1-2-4-13-22)17-6-5-7-18(14-17)26(24,25)21-15-16-8-10-20-11-9-16/h5-11,14,21H,1-4,12-13,15H2. The van der Waals surface area contributed by atoms with Gasteiger partial charge in [0.1, 0.15) is 0 Å². The van der Waals surface area contributed by atoms with E-state index in [2.05, 4.69) is 9.71 Å². The second-order valence-electron chi connectivity index (χ2n) is 6.41. The third-order valence-electron chi connectivity index (χ3n) is 4.50. The van der Waals surface area contributed by atoms with Gasteiger partial charge in [-0.3, -0.25) is 9.78 Å². The summed E-state index contributed by atoms with van der Waals surface area (Å²) >= 11 is 0. The third kappa shape index (κ3) is 4.68. The van der Waals surface area contributed by atoms with Gasteiger partial charge in [-0.25, -0.2) is 13.1 Å². The van der Waals surface area contributed by atoms with E-state index < -0.39 is 10.0 Å². The van der Waals surface area contributed by atoms with E-state index in [-0.39, 0.29) is 17.3 Å². The molecule has 1 fully saturated rings. The molecular weight excluding hydrogens is 350 g/mol. The molecule has 1 aliphatic heterocycles. The first-order valence-electron chi connectivity index (χ1n) is 8.84. The van der Waals surface area contributed by atoms with Crippen LogP contribution in [-0.2, 0) is 16.6 Å². The summed E-state index contributed by atoms with van der Waals surface area (Å²) in [5.41, 5.74) is 1.24. The molecule has 2 heterocycles. The zero-order valence-corrected chi connectivity index (χ0v) is 15.4. The molecule has 1 N–H and O–H groups in total. The number of nitrogens with one attached hydrogen (secondary N) is 1. The van der Waals surface area contributed by atoms with Gasteiger partial charge in [-0.2, -0.15) is 0 Å². The number of aromatic nitrogens is 1. The van der Waals surface area contributed by atoms with Gasteiger partial charge in [0.15, 0.2) is 0 Å². The molecular formula is C19H23N3O3S. The minimum absolute atomic E-state index is 0.0990. The summed E-state index contributed by atoms with van der Waals surface area (Å²) in [4.78, 5) is 18.6. The summed E-state index contributed by atoms with van der Waals surface area (Å²) in [7, 11) is -3.69. The third-order valence-corrected chi connectivity index (χ3v) is 5.90. The highest BCUT2D eigenvalue weighted by molar-refractivity contribution is 7.89. The predicted octanol–water partition coefficient (Wildman–Crippen LogP) is 2.58. The number of likely N-dealkylation sites (tertiary alicyclic amines) is 1. The van der Waals surface area contributed by atoms with Crippen LogP contribution in [0.3, 0.4) is 0 Å². The second-order valence-corrected chi connectivity index (χ2v) is 8.18. The van der Waals surface area contributed by atoms with Crippen molar-refractivity contribution in [3.63, 3.8) is 0 Å². The molecule has 0 spiro atoms. The van der Waals surface area contributed by atoms with Crippen molar-refractivity contribution in [2.24, 2.45) is 0 Å². The van der Waals surface area contributed by atoms with Crippen LogP contribution in [-0.4, -0.2) is 37.3 Å². The summed E-state index contributed by atoms with van der Waals surface area (Å²) in [6.07, 6.45) is 7.50. The van der Waals surface area contributed by atoms with Crippen molar-refractivity contribution < 1.29 is 13.2 Å². The van der Waals surface area contributed by atoms with Crippen LogP contribution in [0, 0.1) is 0 Å². The van der Waals surface area contributed by atoms with Crippen LogP contribution in [0.4, 0.5) is 0 Å². The quantitative estimate of drug-likeness (QED) is 0.874. The van der Waals surface area contributed by atoms with Crippen molar-refractivity contribution in [1.29, 1.82) is 0 Å². The van der Waals surface area contributed by atoms with Gasteiger partial charge in [0.2, 0.25) is 10.0 Å². The maximum absolute atomic E-state index is 12.7. The second kappa shape index (κ2) is 8.42. The van der Waals surface area contributed by atoms with E-state index in [1.807, 2.05) is 4.90 Å². The van der Waals surface area contributed by atoms with Crippen molar-refractivity contribution in [2.75, 3.05) is 13.1 Å². The highest BCUT2D eigenvalue weighted by Gasteiger charge is 2.20. The zero-order chi connectivity index (χ0) is 18.4. The number of pyridine rings is 1.